The van der Waals surface area contributed by atoms with Crippen LogP contribution in [-0.2, 0) is 14.1 Å². The molecule has 12 heteroatoms. The molecular formula is C29H26N6O6. The predicted octanol–water partition coefficient (Wildman–Crippen LogP) is 4.28. The largest absolute Gasteiger partial charge is 0.285 e. The van der Waals surface area contributed by atoms with Crippen LogP contribution in [0, 0.1) is 34.1 Å². The van der Waals surface area contributed by atoms with E-state index >= 15 is 0 Å². The summed E-state index contributed by atoms with van der Waals surface area (Å²) in [6, 6.07) is 21.0. The van der Waals surface area contributed by atoms with Gasteiger partial charge in [0.15, 0.2) is 0 Å². The molecule has 12 nitrogen and oxygen atoms in total. The summed E-state index contributed by atoms with van der Waals surface area (Å²) in [7, 11) is 3.38. The van der Waals surface area contributed by atoms with Gasteiger partial charge in [-0.3, -0.25) is 39.2 Å². The van der Waals surface area contributed by atoms with Crippen LogP contribution < -0.4 is 11.1 Å². The van der Waals surface area contributed by atoms with Gasteiger partial charge in [0.05, 0.1) is 44.3 Å². The summed E-state index contributed by atoms with van der Waals surface area (Å²) in [5.74, 6) is -1.21. The van der Waals surface area contributed by atoms with Crippen molar-refractivity contribution in [3.05, 3.63) is 148 Å². The lowest BCUT2D eigenvalue weighted by atomic mass is 9.84. The van der Waals surface area contributed by atoms with Gasteiger partial charge in [0.2, 0.25) is 0 Å². The number of para-hydroxylation sites is 2. The molecule has 0 saturated heterocycles. The van der Waals surface area contributed by atoms with E-state index in [0.29, 0.717) is 22.8 Å². The van der Waals surface area contributed by atoms with E-state index in [9.17, 15) is 29.8 Å². The molecule has 0 aliphatic heterocycles. The van der Waals surface area contributed by atoms with E-state index in [4.69, 9.17) is 0 Å². The van der Waals surface area contributed by atoms with Crippen molar-refractivity contribution in [2.75, 3.05) is 0 Å². The summed E-state index contributed by atoms with van der Waals surface area (Å²) in [6.07, 6.45) is 0. The Morgan fingerprint density at radius 3 is 1.49 bits per heavy atom. The molecule has 3 aromatic carbocycles. The van der Waals surface area contributed by atoms with Gasteiger partial charge in [0.25, 0.3) is 22.5 Å². The Bertz CT molecular complexity index is 1830. The molecule has 41 heavy (non-hydrogen) atoms. The second-order valence-corrected chi connectivity index (χ2v) is 9.64. The van der Waals surface area contributed by atoms with Gasteiger partial charge in [-0.05, 0) is 44.2 Å². The van der Waals surface area contributed by atoms with Crippen molar-refractivity contribution in [2.45, 2.75) is 19.8 Å². The molecule has 2 heterocycles. The van der Waals surface area contributed by atoms with E-state index < -0.39 is 38.3 Å². The lowest BCUT2D eigenvalue weighted by Gasteiger charge is -2.16. The monoisotopic (exact) mass is 554 g/mol. The van der Waals surface area contributed by atoms with Gasteiger partial charge in [0.1, 0.15) is 0 Å². The Balaban J connectivity index is 1.91. The third-order valence-corrected chi connectivity index (χ3v) is 7.51. The molecule has 5 rings (SSSR count). The van der Waals surface area contributed by atoms with Crippen LogP contribution in [0.1, 0.15) is 34.0 Å². The zero-order valence-electron chi connectivity index (χ0n) is 22.7. The lowest BCUT2D eigenvalue weighted by molar-refractivity contribution is -0.394. The Kier molecular flexibility index (Phi) is 6.75. The van der Waals surface area contributed by atoms with Crippen molar-refractivity contribution in [1.82, 2.24) is 18.7 Å². The maximum atomic E-state index is 14.2. The van der Waals surface area contributed by atoms with Crippen molar-refractivity contribution >= 4 is 11.4 Å². The fourth-order valence-corrected chi connectivity index (χ4v) is 5.35. The summed E-state index contributed by atoms with van der Waals surface area (Å²) in [6.45, 7) is 3.41. The molecule has 208 valence electrons. The second-order valence-electron chi connectivity index (χ2n) is 9.64. The fraction of sp³-hybridized carbons (Fsp3) is 0.172. The van der Waals surface area contributed by atoms with Crippen LogP contribution in [0.3, 0.4) is 0 Å². The van der Waals surface area contributed by atoms with Crippen LogP contribution >= 0.6 is 0 Å². The van der Waals surface area contributed by atoms with E-state index in [2.05, 4.69) is 0 Å². The van der Waals surface area contributed by atoms with E-state index in [1.54, 1.807) is 85.8 Å². The van der Waals surface area contributed by atoms with E-state index in [1.807, 2.05) is 12.1 Å². The van der Waals surface area contributed by atoms with Crippen LogP contribution in [0.2, 0.25) is 0 Å². The highest BCUT2D eigenvalue weighted by molar-refractivity contribution is 5.58. The number of rotatable bonds is 7. The fourth-order valence-electron chi connectivity index (χ4n) is 5.35. The molecule has 0 fully saturated rings. The summed E-state index contributed by atoms with van der Waals surface area (Å²) in [5.41, 5.74) is 0.414. The van der Waals surface area contributed by atoms with Crippen molar-refractivity contribution in [1.29, 1.82) is 0 Å². The van der Waals surface area contributed by atoms with Gasteiger partial charge in [-0.2, -0.15) is 0 Å². The number of nitrogens with zero attached hydrogens (tertiary/aromatic N) is 6. The molecule has 0 amide bonds. The van der Waals surface area contributed by atoms with Gasteiger partial charge in [-0.25, -0.2) is 9.36 Å². The molecule has 0 saturated carbocycles. The third kappa shape index (κ3) is 4.35. The van der Waals surface area contributed by atoms with E-state index in [-0.39, 0.29) is 16.7 Å². The minimum absolute atomic E-state index is 0.00220. The molecular weight excluding hydrogens is 528 g/mol. The number of aromatic nitrogens is 4. The van der Waals surface area contributed by atoms with Crippen molar-refractivity contribution < 1.29 is 9.85 Å². The predicted molar refractivity (Wildman–Crippen MR) is 152 cm³/mol. The molecule has 0 atom stereocenters. The smallest absolute Gasteiger partial charge is 0.280 e. The number of hydrogen-bond acceptors (Lipinski definition) is 6. The van der Waals surface area contributed by atoms with Crippen LogP contribution in [0.15, 0.2) is 88.5 Å². The average molecular weight is 555 g/mol. The molecule has 2 aromatic heterocycles. The Morgan fingerprint density at radius 1 is 0.659 bits per heavy atom. The molecule has 5 aromatic rings. The Labute approximate surface area is 233 Å². The van der Waals surface area contributed by atoms with Crippen molar-refractivity contribution in [3.8, 4) is 11.4 Å². The number of nitro benzene ring substituents is 2. The van der Waals surface area contributed by atoms with Gasteiger partial charge in [-0.15, -0.1) is 0 Å². The number of non-ortho nitro benzene ring substituents is 1. The highest BCUT2D eigenvalue weighted by atomic mass is 16.6. The SMILES string of the molecule is Cc1c(C(c2ccc([N+](=O)[O-])cc2[N+](=O)[O-])c2c(C)n(C)n(-c3ccccc3)c2=O)c(=O)n(-c2ccccc2)n1C. The van der Waals surface area contributed by atoms with Crippen molar-refractivity contribution in [3.63, 3.8) is 0 Å². The number of hydrogen-bond donors (Lipinski definition) is 0. The first-order valence-electron chi connectivity index (χ1n) is 12.6. The van der Waals surface area contributed by atoms with Gasteiger partial charge in [-0.1, -0.05) is 36.4 Å². The lowest BCUT2D eigenvalue weighted by Crippen LogP contribution is -2.26. The van der Waals surface area contributed by atoms with Crippen LogP contribution in [-0.4, -0.2) is 28.6 Å². The van der Waals surface area contributed by atoms with E-state index in [1.165, 1.54) is 15.4 Å². The van der Waals surface area contributed by atoms with Crippen LogP contribution in [0.5, 0.6) is 0 Å². The highest BCUT2D eigenvalue weighted by Gasteiger charge is 2.37. The first kappa shape index (κ1) is 27.1. The van der Waals surface area contributed by atoms with Crippen molar-refractivity contribution in [2.24, 2.45) is 14.1 Å². The molecule has 0 aliphatic rings. The first-order valence-corrected chi connectivity index (χ1v) is 12.6. The summed E-state index contributed by atoms with van der Waals surface area (Å²) < 4.78 is 6.13. The number of nitro groups is 2. The van der Waals surface area contributed by atoms with Gasteiger partial charge in [0, 0.05) is 37.1 Å². The average Bonchev–Trinajstić information content (AvgIpc) is 3.32. The minimum Gasteiger partial charge on any atom is -0.285 e. The van der Waals surface area contributed by atoms with E-state index in [0.717, 1.165) is 12.1 Å². The highest BCUT2D eigenvalue weighted by Crippen LogP contribution is 2.39. The van der Waals surface area contributed by atoms with Crippen LogP contribution in [0.4, 0.5) is 11.4 Å². The molecule has 0 N–H and O–H groups in total. The third-order valence-electron chi connectivity index (χ3n) is 7.51. The van der Waals surface area contributed by atoms with Crippen LogP contribution in [0.25, 0.3) is 11.4 Å². The quantitative estimate of drug-likeness (QED) is 0.217. The summed E-state index contributed by atoms with van der Waals surface area (Å²) >= 11 is 0. The van der Waals surface area contributed by atoms with Gasteiger partial charge < -0.3 is 0 Å². The second kappa shape index (κ2) is 10.2. The number of benzene rings is 3. The Hall–Kier alpha value is -5.52. The minimum atomic E-state index is -1.21. The Morgan fingerprint density at radius 2 is 1.10 bits per heavy atom. The molecule has 0 bridgehead atoms. The zero-order chi connectivity index (χ0) is 29.6. The maximum absolute atomic E-state index is 14.2. The summed E-state index contributed by atoms with van der Waals surface area (Å²) in [5, 5.41) is 23.8. The standard InChI is InChI=1S/C29H26N6O6/c1-18-25(28(36)32(30(18)3)20-11-7-5-8-12-20)27(23-16-15-22(34(38)39)17-24(23)35(40)41)26-19(2)31(4)33(29(26)37)21-13-9-6-10-14-21/h5-17,27H,1-4H3. The zero-order valence-corrected chi connectivity index (χ0v) is 22.7. The molecule has 0 radical (unpaired) electrons. The molecule has 0 unspecified atom stereocenters. The normalized spacial score (nSPS) is 11.2. The first-order chi connectivity index (χ1) is 19.5. The topological polar surface area (TPSA) is 140 Å². The summed E-state index contributed by atoms with van der Waals surface area (Å²) in [4.78, 5) is 50.7. The maximum Gasteiger partial charge on any atom is 0.280 e. The van der Waals surface area contributed by atoms with Gasteiger partial charge >= 0.3 is 0 Å². The molecule has 0 aliphatic carbocycles. The molecule has 0 spiro atoms.